The molecule has 0 bridgehead atoms. The molecule has 126 valence electrons. The van der Waals surface area contributed by atoms with E-state index in [0.717, 1.165) is 18.7 Å². The molecule has 1 amide bonds. The number of rotatable bonds is 5. The third-order valence-electron chi connectivity index (χ3n) is 5.12. The smallest absolute Gasteiger partial charge is 0.238 e. The summed E-state index contributed by atoms with van der Waals surface area (Å²) < 4.78 is 6.32. The maximum Gasteiger partial charge on any atom is 0.238 e. The Bertz CT molecular complexity index is 535. The van der Waals surface area contributed by atoms with Gasteiger partial charge in [0.25, 0.3) is 0 Å². The van der Waals surface area contributed by atoms with E-state index < -0.39 is 0 Å². The van der Waals surface area contributed by atoms with Crippen LogP contribution in [-0.4, -0.2) is 42.6 Å². The van der Waals surface area contributed by atoms with Gasteiger partial charge in [0.1, 0.15) is 0 Å². The van der Waals surface area contributed by atoms with E-state index in [-0.39, 0.29) is 17.6 Å². The molecule has 1 aromatic rings. The Hall–Kier alpha value is -1.39. The lowest BCUT2D eigenvalue weighted by Crippen LogP contribution is -2.36. The molecule has 4 nitrogen and oxygen atoms in total. The van der Waals surface area contributed by atoms with Gasteiger partial charge in [-0.2, -0.15) is 0 Å². The molecule has 2 aliphatic rings. The molecule has 1 saturated heterocycles. The van der Waals surface area contributed by atoms with E-state index in [4.69, 9.17) is 4.74 Å². The monoisotopic (exact) mass is 316 g/mol. The van der Waals surface area contributed by atoms with Crippen LogP contribution in [0.5, 0.6) is 0 Å². The van der Waals surface area contributed by atoms with E-state index in [9.17, 15) is 4.79 Å². The molecule has 1 aliphatic carbocycles. The van der Waals surface area contributed by atoms with Gasteiger partial charge < -0.3 is 10.1 Å². The minimum absolute atomic E-state index is 0.0323. The first-order valence-corrected chi connectivity index (χ1v) is 8.78. The van der Waals surface area contributed by atoms with Gasteiger partial charge >= 0.3 is 0 Å². The Morgan fingerprint density at radius 2 is 1.96 bits per heavy atom. The molecule has 1 saturated carbocycles. The molecule has 0 unspecified atom stereocenters. The summed E-state index contributed by atoms with van der Waals surface area (Å²) in [5.74, 6) is 0.0323. The molecule has 1 spiro atoms. The van der Waals surface area contributed by atoms with Crippen molar-refractivity contribution in [2.75, 3.05) is 25.5 Å². The predicted molar refractivity (Wildman–Crippen MR) is 92.6 cm³/mol. The average molecular weight is 316 g/mol. The maximum atomic E-state index is 12.1. The Labute approximate surface area is 139 Å². The highest BCUT2D eigenvalue weighted by Gasteiger charge is 2.42. The number of hydrogen-bond acceptors (Lipinski definition) is 3. The van der Waals surface area contributed by atoms with Gasteiger partial charge in [-0.15, -0.1) is 0 Å². The topological polar surface area (TPSA) is 41.6 Å². The maximum absolute atomic E-state index is 12.1. The quantitative estimate of drug-likeness (QED) is 0.905. The van der Waals surface area contributed by atoms with Gasteiger partial charge in [0.15, 0.2) is 0 Å². The summed E-state index contributed by atoms with van der Waals surface area (Å²) in [4.78, 5) is 14.2. The summed E-state index contributed by atoms with van der Waals surface area (Å²) in [6.07, 6.45) is 7.67. The first-order valence-electron chi connectivity index (χ1n) is 8.78. The number of carbonyl (C=O) groups excluding carboxylic acids is 1. The van der Waals surface area contributed by atoms with Crippen molar-refractivity contribution in [3.8, 4) is 0 Å². The number of hydrogen-bond donors (Lipinski definition) is 1. The molecule has 1 heterocycles. The Morgan fingerprint density at radius 1 is 1.26 bits per heavy atom. The second kappa shape index (κ2) is 7.02. The van der Waals surface area contributed by atoms with Gasteiger partial charge in [0.05, 0.1) is 18.2 Å². The number of ether oxygens (including phenoxy) is 1. The number of nitrogens with one attached hydrogen (secondary N) is 1. The lowest BCUT2D eigenvalue weighted by atomic mass is 9.98. The zero-order chi connectivity index (χ0) is 16.3. The highest BCUT2D eigenvalue weighted by molar-refractivity contribution is 5.92. The molecule has 1 atom stereocenters. The second-order valence-corrected chi connectivity index (χ2v) is 7.28. The van der Waals surface area contributed by atoms with E-state index in [0.29, 0.717) is 6.54 Å². The van der Waals surface area contributed by atoms with Crippen molar-refractivity contribution in [2.45, 2.75) is 57.2 Å². The van der Waals surface area contributed by atoms with Crippen LogP contribution in [0, 0.1) is 6.92 Å². The summed E-state index contributed by atoms with van der Waals surface area (Å²) >= 11 is 0. The van der Waals surface area contributed by atoms with Crippen LogP contribution in [0.2, 0.25) is 0 Å². The average Bonchev–Trinajstić information content (AvgIpc) is 3.12. The number of benzene rings is 1. The van der Waals surface area contributed by atoms with Crippen molar-refractivity contribution in [3.63, 3.8) is 0 Å². The highest BCUT2D eigenvalue weighted by Crippen LogP contribution is 2.43. The van der Waals surface area contributed by atoms with Gasteiger partial charge in [0.2, 0.25) is 5.91 Å². The van der Waals surface area contributed by atoms with Gasteiger partial charge in [-0.05, 0) is 51.8 Å². The van der Waals surface area contributed by atoms with Crippen LogP contribution in [0.25, 0.3) is 0 Å². The van der Waals surface area contributed by atoms with E-state index in [1.54, 1.807) is 0 Å². The van der Waals surface area contributed by atoms with Crippen LogP contribution in [-0.2, 0) is 9.53 Å². The lowest BCUT2D eigenvalue weighted by molar-refractivity contribution is -0.117. The highest BCUT2D eigenvalue weighted by atomic mass is 16.5. The zero-order valence-corrected chi connectivity index (χ0v) is 14.3. The van der Waals surface area contributed by atoms with Crippen molar-refractivity contribution in [1.82, 2.24) is 4.90 Å². The number of anilines is 1. The first kappa shape index (κ1) is 16.5. The Balaban J connectivity index is 1.43. The van der Waals surface area contributed by atoms with Crippen LogP contribution in [0.1, 0.15) is 44.1 Å². The van der Waals surface area contributed by atoms with Crippen LogP contribution in [0.4, 0.5) is 5.69 Å². The molecule has 1 aliphatic heterocycles. The SMILES string of the molecule is Cc1ccc(NC(=O)CN(C)C[C@H]2CCC3(CCCC3)O2)cc1. The number of likely N-dealkylation sites (N-methyl/N-ethyl adjacent to an activating group) is 1. The fraction of sp³-hybridized carbons (Fsp3) is 0.632. The van der Waals surface area contributed by atoms with Crippen LogP contribution < -0.4 is 5.32 Å². The van der Waals surface area contributed by atoms with Crippen molar-refractivity contribution >= 4 is 11.6 Å². The van der Waals surface area contributed by atoms with Crippen molar-refractivity contribution in [1.29, 1.82) is 0 Å². The van der Waals surface area contributed by atoms with Crippen molar-refractivity contribution < 1.29 is 9.53 Å². The Morgan fingerprint density at radius 3 is 2.65 bits per heavy atom. The number of nitrogens with zero attached hydrogens (tertiary/aromatic N) is 1. The summed E-state index contributed by atoms with van der Waals surface area (Å²) in [6.45, 7) is 3.28. The largest absolute Gasteiger partial charge is 0.370 e. The predicted octanol–water partition coefficient (Wildman–Crippen LogP) is 3.36. The molecule has 23 heavy (non-hydrogen) atoms. The standard InChI is InChI=1S/C19H28N2O2/c1-15-5-7-16(8-6-15)20-18(22)14-21(2)13-17-9-12-19(23-17)10-3-4-11-19/h5-8,17H,3-4,9-14H2,1-2H3,(H,20,22)/t17-/m1/s1. The van der Waals surface area contributed by atoms with Gasteiger partial charge in [-0.25, -0.2) is 0 Å². The van der Waals surface area contributed by atoms with Crippen LogP contribution >= 0.6 is 0 Å². The van der Waals surface area contributed by atoms with Gasteiger partial charge in [0, 0.05) is 12.2 Å². The summed E-state index contributed by atoms with van der Waals surface area (Å²) in [5, 5.41) is 2.95. The first-order chi connectivity index (χ1) is 11.0. The molecular weight excluding hydrogens is 288 g/mol. The second-order valence-electron chi connectivity index (χ2n) is 7.28. The fourth-order valence-corrected chi connectivity index (χ4v) is 3.91. The third kappa shape index (κ3) is 4.33. The summed E-state index contributed by atoms with van der Waals surface area (Å²) in [5.41, 5.74) is 2.23. The molecule has 1 aromatic carbocycles. The lowest BCUT2D eigenvalue weighted by Gasteiger charge is -2.26. The van der Waals surface area contributed by atoms with Crippen LogP contribution in [0.15, 0.2) is 24.3 Å². The van der Waals surface area contributed by atoms with Gasteiger partial charge in [-0.1, -0.05) is 30.5 Å². The molecule has 4 heteroatoms. The normalized spacial score (nSPS) is 22.8. The number of amides is 1. The molecular formula is C19H28N2O2. The molecule has 3 rings (SSSR count). The minimum Gasteiger partial charge on any atom is -0.370 e. The Kier molecular flexibility index (Phi) is 5.02. The molecule has 0 radical (unpaired) electrons. The van der Waals surface area contributed by atoms with Crippen LogP contribution in [0.3, 0.4) is 0 Å². The molecule has 0 aromatic heterocycles. The van der Waals surface area contributed by atoms with E-state index >= 15 is 0 Å². The van der Waals surface area contributed by atoms with Gasteiger partial charge in [-0.3, -0.25) is 9.69 Å². The van der Waals surface area contributed by atoms with E-state index in [1.165, 1.54) is 37.7 Å². The van der Waals surface area contributed by atoms with Crippen molar-refractivity contribution in [2.24, 2.45) is 0 Å². The zero-order valence-electron chi connectivity index (χ0n) is 14.3. The molecule has 2 fully saturated rings. The van der Waals surface area contributed by atoms with E-state index in [2.05, 4.69) is 10.2 Å². The number of aryl methyl sites for hydroxylation is 1. The third-order valence-corrected chi connectivity index (χ3v) is 5.12. The van der Waals surface area contributed by atoms with E-state index in [1.807, 2.05) is 38.2 Å². The minimum atomic E-state index is 0.0323. The summed E-state index contributed by atoms with van der Waals surface area (Å²) in [7, 11) is 2.00. The summed E-state index contributed by atoms with van der Waals surface area (Å²) in [6, 6.07) is 7.90. The number of carbonyl (C=O) groups is 1. The molecule has 1 N–H and O–H groups in total. The fourth-order valence-electron chi connectivity index (χ4n) is 3.91. The van der Waals surface area contributed by atoms with Crippen molar-refractivity contribution in [3.05, 3.63) is 29.8 Å².